The molecule has 0 aliphatic heterocycles. The molecule has 0 aliphatic carbocycles. The summed E-state index contributed by atoms with van der Waals surface area (Å²) in [6.07, 6.45) is 0. The highest BCUT2D eigenvalue weighted by molar-refractivity contribution is 5.74. The summed E-state index contributed by atoms with van der Waals surface area (Å²) in [4.78, 5) is 4.46. The number of benzene rings is 1. The van der Waals surface area contributed by atoms with Crippen molar-refractivity contribution in [3.05, 3.63) is 47.4 Å². The molecule has 1 atom stereocenters. The second-order valence-electron chi connectivity index (χ2n) is 4.86. The van der Waals surface area contributed by atoms with E-state index in [1.54, 1.807) is 0 Å². The van der Waals surface area contributed by atoms with Crippen LogP contribution in [0.5, 0.6) is 0 Å². The molecule has 3 rings (SSSR count). The molecule has 3 aromatic rings. The molecule has 0 saturated carbocycles. The zero-order valence-corrected chi connectivity index (χ0v) is 11.7. The lowest BCUT2D eigenvalue weighted by Gasteiger charge is -2.12. The van der Waals surface area contributed by atoms with Crippen molar-refractivity contribution in [2.24, 2.45) is 0 Å². The van der Waals surface area contributed by atoms with Crippen LogP contribution in [0.15, 0.2) is 34.7 Å². The molecule has 2 aromatic heterocycles. The average Bonchev–Trinajstić information content (AvgIpc) is 2.78. The summed E-state index contributed by atoms with van der Waals surface area (Å²) in [7, 11) is 0. The van der Waals surface area contributed by atoms with E-state index in [0.717, 1.165) is 28.1 Å². The van der Waals surface area contributed by atoms with Gasteiger partial charge in [-0.3, -0.25) is 0 Å². The largest absolute Gasteiger partial charge is 0.466 e. The van der Waals surface area contributed by atoms with E-state index in [1.807, 2.05) is 44.2 Å². The quantitative estimate of drug-likeness (QED) is 0.788. The van der Waals surface area contributed by atoms with Crippen molar-refractivity contribution >= 4 is 17.0 Å². The highest BCUT2D eigenvalue weighted by atomic mass is 16.3. The fourth-order valence-corrected chi connectivity index (χ4v) is 2.29. The van der Waals surface area contributed by atoms with E-state index in [4.69, 9.17) is 4.42 Å². The van der Waals surface area contributed by atoms with Crippen LogP contribution in [0.2, 0.25) is 0 Å². The van der Waals surface area contributed by atoms with Gasteiger partial charge in [-0.2, -0.15) is 0 Å². The van der Waals surface area contributed by atoms with Crippen LogP contribution >= 0.6 is 0 Å². The van der Waals surface area contributed by atoms with Crippen LogP contribution in [0.1, 0.15) is 30.0 Å². The van der Waals surface area contributed by atoms with Gasteiger partial charge in [0.1, 0.15) is 17.0 Å². The van der Waals surface area contributed by atoms with Crippen LogP contribution in [-0.2, 0) is 0 Å². The first-order valence-corrected chi connectivity index (χ1v) is 6.56. The van der Waals surface area contributed by atoms with Crippen molar-refractivity contribution in [1.82, 2.24) is 15.2 Å². The molecule has 102 valence electrons. The van der Waals surface area contributed by atoms with Crippen molar-refractivity contribution in [1.29, 1.82) is 0 Å². The summed E-state index contributed by atoms with van der Waals surface area (Å²) in [5, 5.41) is 11.5. The van der Waals surface area contributed by atoms with E-state index < -0.39 is 0 Å². The molecule has 20 heavy (non-hydrogen) atoms. The number of para-hydroxylation sites is 1. The van der Waals surface area contributed by atoms with Crippen LogP contribution in [0.4, 0.5) is 5.95 Å². The fraction of sp³-hybridized carbons (Fsp3) is 0.267. The van der Waals surface area contributed by atoms with Gasteiger partial charge >= 0.3 is 0 Å². The number of furan rings is 1. The van der Waals surface area contributed by atoms with Crippen LogP contribution in [0.3, 0.4) is 0 Å². The third-order valence-corrected chi connectivity index (χ3v) is 3.25. The Morgan fingerprint density at radius 3 is 2.55 bits per heavy atom. The smallest absolute Gasteiger partial charge is 0.243 e. The first-order chi connectivity index (χ1) is 9.63. The van der Waals surface area contributed by atoms with Gasteiger partial charge in [-0.1, -0.05) is 12.1 Å². The molecule has 0 aliphatic rings. The summed E-state index contributed by atoms with van der Waals surface area (Å²) in [6.45, 7) is 5.95. The maximum atomic E-state index is 5.55. The monoisotopic (exact) mass is 268 g/mol. The maximum Gasteiger partial charge on any atom is 0.243 e. The molecule has 1 unspecified atom stereocenters. The molecule has 0 bridgehead atoms. The van der Waals surface area contributed by atoms with E-state index >= 15 is 0 Å². The summed E-state index contributed by atoms with van der Waals surface area (Å²) >= 11 is 0. The van der Waals surface area contributed by atoms with Crippen LogP contribution in [-0.4, -0.2) is 15.2 Å². The number of fused-ring (bicyclic) bond motifs is 1. The second kappa shape index (κ2) is 4.92. The summed E-state index contributed by atoms with van der Waals surface area (Å²) < 4.78 is 5.55. The molecule has 5 nitrogen and oxygen atoms in total. The maximum absolute atomic E-state index is 5.55. The van der Waals surface area contributed by atoms with Gasteiger partial charge < -0.3 is 9.73 Å². The molecular formula is C15H16N4O. The van der Waals surface area contributed by atoms with E-state index in [2.05, 4.69) is 27.4 Å². The van der Waals surface area contributed by atoms with Gasteiger partial charge in [0.2, 0.25) is 5.95 Å². The minimum absolute atomic E-state index is 0.0652. The van der Waals surface area contributed by atoms with Gasteiger partial charge in [0.05, 0.1) is 11.6 Å². The number of hydrogen-bond donors (Lipinski definition) is 1. The number of hydrogen-bond acceptors (Lipinski definition) is 5. The van der Waals surface area contributed by atoms with E-state index in [0.29, 0.717) is 5.95 Å². The SMILES string of the molecule is Cc1cc(C(C)Nc2nnc3ccccc3n2)c(C)o1. The van der Waals surface area contributed by atoms with E-state index in [9.17, 15) is 0 Å². The molecule has 1 N–H and O–H groups in total. The van der Waals surface area contributed by atoms with Crippen LogP contribution in [0, 0.1) is 13.8 Å². The molecule has 2 heterocycles. The molecular weight excluding hydrogens is 252 g/mol. The molecule has 0 radical (unpaired) electrons. The third kappa shape index (κ3) is 2.34. The summed E-state index contributed by atoms with van der Waals surface area (Å²) in [5.41, 5.74) is 2.73. The minimum Gasteiger partial charge on any atom is -0.466 e. The molecule has 0 spiro atoms. The van der Waals surface area contributed by atoms with Gasteiger partial charge in [-0.25, -0.2) is 4.98 Å². The van der Waals surface area contributed by atoms with Gasteiger partial charge in [-0.05, 0) is 39.0 Å². The first kappa shape index (κ1) is 12.6. The third-order valence-electron chi connectivity index (χ3n) is 3.25. The first-order valence-electron chi connectivity index (χ1n) is 6.56. The van der Waals surface area contributed by atoms with Crippen molar-refractivity contribution in [2.75, 3.05) is 5.32 Å². The number of aromatic nitrogens is 3. The van der Waals surface area contributed by atoms with Gasteiger partial charge in [0.25, 0.3) is 0 Å². The lowest BCUT2D eigenvalue weighted by molar-refractivity contribution is 0.499. The molecule has 0 fully saturated rings. The van der Waals surface area contributed by atoms with Crippen LogP contribution < -0.4 is 5.32 Å². The molecule has 0 saturated heterocycles. The van der Waals surface area contributed by atoms with E-state index in [-0.39, 0.29) is 6.04 Å². The van der Waals surface area contributed by atoms with Crippen LogP contribution in [0.25, 0.3) is 11.0 Å². The zero-order valence-electron chi connectivity index (χ0n) is 11.7. The van der Waals surface area contributed by atoms with Crippen molar-refractivity contribution < 1.29 is 4.42 Å². The molecule has 5 heteroatoms. The normalized spacial score (nSPS) is 12.6. The number of nitrogens with one attached hydrogen (secondary N) is 1. The lowest BCUT2D eigenvalue weighted by Crippen LogP contribution is -2.10. The van der Waals surface area contributed by atoms with Crippen molar-refractivity contribution in [2.45, 2.75) is 26.8 Å². The Bertz CT molecular complexity index is 750. The molecule has 0 amide bonds. The minimum atomic E-state index is 0.0652. The number of rotatable bonds is 3. The zero-order chi connectivity index (χ0) is 14.1. The Labute approximate surface area is 117 Å². The standard InChI is InChI=1S/C15H16N4O/c1-9-8-12(11(3)20-9)10(2)16-15-17-13-6-4-5-7-14(13)18-19-15/h4-8,10H,1-3H3,(H,16,17,19). The Kier molecular flexibility index (Phi) is 3.10. The Morgan fingerprint density at radius 2 is 1.85 bits per heavy atom. The average molecular weight is 268 g/mol. The highest BCUT2D eigenvalue weighted by Crippen LogP contribution is 2.23. The predicted molar refractivity (Wildman–Crippen MR) is 77.6 cm³/mol. The van der Waals surface area contributed by atoms with Crippen molar-refractivity contribution in [3.8, 4) is 0 Å². The highest BCUT2D eigenvalue weighted by Gasteiger charge is 2.14. The lowest BCUT2D eigenvalue weighted by atomic mass is 10.1. The topological polar surface area (TPSA) is 63.8 Å². The van der Waals surface area contributed by atoms with E-state index in [1.165, 1.54) is 0 Å². The van der Waals surface area contributed by atoms with Gasteiger partial charge in [-0.15, -0.1) is 10.2 Å². The van der Waals surface area contributed by atoms with Crippen molar-refractivity contribution in [3.63, 3.8) is 0 Å². The second-order valence-corrected chi connectivity index (χ2v) is 4.86. The Morgan fingerprint density at radius 1 is 1.10 bits per heavy atom. The summed E-state index contributed by atoms with van der Waals surface area (Å²) in [6, 6.07) is 9.77. The number of nitrogens with zero attached hydrogens (tertiary/aromatic N) is 3. The Hall–Kier alpha value is -2.43. The fourth-order valence-electron chi connectivity index (χ4n) is 2.29. The predicted octanol–water partition coefficient (Wildman–Crippen LogP) is 3.41. The Balaban J connectivity index is 1.87. The number of aryl methyl sites for hydroxylation is 2. The summed E-state index contributed by atoms with van der Waals surface area (Å²) in [5.74, 6) is 2.34. The number of anilines is 1. The molecule has 1 aromatic carbocycles. The van der Waals surface area contributed by atoms with Gasteiger partial charge in [0.15, 0.2) is 0 Å². The van der Waals surface area contributed by atoms with Gasteiger partial charge in [0, 0.05) is 5.56 Å².